The fourth-order valence-corrected chi connectivity index (χ4v) is 5.50. The molecular formula is C22H33BO3. The van der Waals surface area contributed by atoms with Crippen LogP contribution in [-0.4, -0.2) is 24.9 Å². The van der Waals surface area contributed by atoms with Crippen LogP contribution in [-0.2, 0) is 20.7 Å². The molecule has 4 heteroatoms. The van der Waals surface area contributed by atoms with Gasteiger partial charge < -0.3 is 14.0 Å². The molecule has 0 amide bonds. The summed E-state index contributed by atoms with van der Waals surface area (Å²) in [4.78, 5) is 0. The van der Waals surface area contributed by atoms with Crippen LogP contribution in [0, 0.1) is 17.3 Å². The number of ether oxygens (including phenoxy) is 1. The first-order valence-electron chi connectivity index (χ1n) is 10.0. The largest absolute Gasteiger partial charge is 0.464 e. The van der Waals surface area contributed by atoms with Gasteiger partial charge in [-0.05, 0) is 63.4 Å². The van der Waals surface area contributed by atoms with E-state index in [-0.39, 0.29) is 23.6 Å². The van der Waals surface area contributed by atoms with Crippen molar-refractivity contribution >= 4 is 7.12 Å². The molecule has 1 heterocycles. The Bertz CT molecular complexity index is 645. The van der Waals surface area contributed by atoms with Gasteiger partial charge in [0.05, 0.1) is 24.4 Å². The highest BCUT2D eigenvalue weighted by molar-refractivity contribution is 6.49. The highest BCUT2D eigenvalue weighted by Crippen LogP contribution is 2.76. The summed E-state index contributed by atoms with van der Waals surface area (Å²) in [5.41, 5.74) is 1.05. The van der Waals surface area contributed by atoms with E-state index in [9.17, 15) is 0 Å². The van der Waals surface area contributed by atoms with E-state index < -0.39 is 0 Å². The first-order chi connectivity index (χ1) is 12.1. The van der Waals surface area contributed by atoms with Gasteiger partial charge in [0.1, 0.15) is 0 Å². The minimum atomic E-state index is -0.264. The number of hydrogen-bond donors (Lipinski definition) is 0. The molecule has 1 unspecified atom stereocenters. The van der Waals surface area contributed by atoms with Crippen LogP contribution in [0.5, 0.6) is 0 Å². The van der Waals surface area contributed by atoms with Crippen LogP contribution in [0.15, 0.2) is 30.3 Å². The van der Waals surface area contributed by atoms with E-state index in [1.54, 1.807) is 0 Å². The standard InChI is InChI=1S/C22H33BO3/c1-19(2,23-25-20(3,4)21(5,6)26-23)18-17-12-22(18,13-17)15-24-14-16-10-8-7-9-11-16/h7-11,17-18H,12-15H2,1-6H3. The smallest absolute Gasteiger partial charge is 0.403 e. The van der Waals surface area contributed by atoms with Crippen molar-refractivity contribution in [3.63, 3.8) is 0 Å². The first-order valence-corrected chi connectivity index (χ1v) is 10.0. The van der Waals surface area contributed by atoms with E-state index in [1.165, 1.54) is 18.4 Å². The van der Waals surface area contributed by atoms with Crippen molar-refractivity contribution in [2.24, 2.45) is 17.3 Å². The molecule has 4 aliphatic rings. The van der Waals surface area contributed by atoms with Gasteiger partial charge in [-0.2, -0.15) is 0 Å². The molecule has 1 aliphatic heterocycles. The average molecular weight is 356 g/mol. The van der Waals surface area contributed by atoms with Crippen molar-refractivity contribution < 1.29 is 14.0 Å². The number of hydrogen-bond acceptors (Lipinski definition) is 3. The van der Waals surface area contributed by atoms with Gasteiger partial charge in [0, 0.05) is 5.31 Å². The molecule has 3 nitrogen and oxygen atoms in total. The Labute approximate surface area is 158 Å². The highest BCUT2D eigenvalue weighted by atomic mass is 16.7. The van der Waals surface area contributed by atoms with E-state index >= 15 is 0 Å². The zero-order valence-electron chi connectivity index (χ0n) is 17.2. The maximum atomic E-state index is 6.41. The van der Waals surface area contributed by atoms with Gasteiger partial charge in [0.15, 0.2) is 0 Å². The molecule has 3 aliphatic carbocycles. The molecule has 1 atom stereocenters. The molecule has 3 saturated carbocycles. The van der Waals surface area contributed by atoms with Crippen molar-refractivity contribution in [2.45, 2.75) is 77.5 Å². The van der Waals surface area contributed by atoms with E-state index in [1.807, 2.05) is 6.07 Å². The fraction of sp³-hybridized carbons (Fsp3) is 0.727. The molecule has 5 rings (SSSR count). The fourth-order valence-electron chi connectivity index (χ4n) is 5.50. The van der Waals surface area contributed by atoms with Crippen LogP contribution in [0.25, 0.3) is 0 Å². The second kappa shape index (κ2) is 5.83. The second-order valence-electron chi connectivity index (χ2n) is 10.4. The quantitative estimate of drug-likeness (QED) is 0.664. The molecule has 1 saturated heterocycles. The maximum Gasteiger partial charge on any atom is 0.464 e. The van der Waals surface area contributed by atoms with Gasteiger partial charge in [-0.1, -0.05) is 44.2 Å². The molecule has 0 N–H and O–H groups in total. The number of benzene rings is 1. The molecule has 1 aromatic rings. The number of rotatable bonds is 6. The zero-order valence-corrected chi connectivity index (χ0v) is 17.2. The third kappa shape index (κ3) is 2.68. The monoisotopic (exact) mass is 356 g/mol. The van der Waals surface area contributed by atoms with Gasteiger partial charge in [0.2, 0.25) is 0 Å². The van der Waals surface area contributed by atoms with Gasteiger partial charge in [-0.25, -0.2) is 0 Å². The average Bonchev–Trinajstić information content (AvgIpc) is 2.71. The van der Waals surface area contributed by atoms with Crippen LogP contribution >= 0.6 is 0 Å². The summed E-state index contributed by atoms with van der Waals surface area (Å²) in [6.45, 7) is 14.8. The van der Waals surface area contributed by atoms with Crippen LogP contribution in [0.1, 0.15) is 59.9 Å². The lowest BCUT2D eigenvalue weighted by molar-refractivity contribution is -0.239. The van der Waals surface area contributed by atoms with Gasteiger partial charge in [0.25, 0.3) is 0 Å². The van der Waals surface area contributed by atoms with Crippen molar-refractivity contribution in [3.05, 3.63) is 35.9 Å². The van der Waals surface area contributed by atoms with Crippen molar-refractivity contribution in [3.8, 4) is 0 Å². The Morgan fingerprint density at radius 1 is 1.04 bits per heavy atom. The van der Waals surface area contributed by atoms with Crippen LogP contribution < -0.4 is 0 Å². The summed E-state index contributed by atoms with van der Waals surface area (Å²) >= 11 is 0. The summed E-state index contributed by atoms with van der Waals surface area (Å²) in [6.07, 6.45) is 2.60. The second-order valence-corrected chi connectivity index (χ2v) is 10.4. The molecule has 2 bridgehead atoms. The molecule has 26 heavy (non-hydrogen) atoms. The minimum Gasteiger partial charge on any atom is -0.403 e. The Morgan fingerprint density at radius 2 is 1.62 bits per heavy atom. The molecule has 1 aromatic carbocycles. The predicted molar refractivity (Wildman–Crippen MR) is 105 cm³/mol. The topological polar surface area (TPSA) is 27.7 Å². The van der Waals surface area contributed by atoms with Crippen LogP contribution in [0.2, 0.25) is 5.31 Å². The Hall–Kier alpha value is -0.835. The van der Waals surface area contributed by atoms with Crippen LogP contribution in [0.3, 0.4) is 0 Å². The molecule has 0 spiro atoms. The summed E-state index contributed by atoms with van der Waals surface area (Å²) < 4.78 is 19.0. The normalized spacial score (nSPS) is 34.3. The maximum absolute atomic E-state index is 6.41. The Morgan fingerprint density at radius 3 is 2.12 bits per heavy atom. The summed E-state index contributed by atoms with van der Waals surface area (Å²) in [5, 5.41) is 0.00230. The Kier molecular flexibility index (Phi) is 4.15. The lowest BCUT2D eigenvalue weighted by atomic mass is 9.28. The van der Waals surface area contributed by atoms with Crippen LogP contribution in [0.4, 0.5) is 0 Å². The van der Waals surface area contributed by atoms with Crippen molar-refractivity contribution in [1.29, 1.82) is 0 Å². The van der Waals surface area contributed by atoms with E-state index in [0.29, 0.717) is 17.9 Å². The summed E-state index contributed by atoms with van der Waals surface area (Å²) in [7, 11) is -0.144. The van der Waals surface area contributed by atoms with E-state index in [4.69, 9.17) is 14.0 Å². The van der Waals surface area contributed by atoms with Crippen molar-refractivity contribution in [1.82, 2.24) is 0 Å². The van der Waals surface area contributed by atoms with E-state index in [0.717, 1.165) is 12.5 Å². The van der Waals surface area contributed by atoms with Crippen molar-refractivity contribution in [2.75, 3.05) is 6.61 Å². The van der Waals surface area contributed by atoms with Gasteiger partial charge >= 0.3 is 7.12 Å². The molecule has 0 radical (unpaired) electrons. The minimum absolute atomic E-state index is 0.00230. The first kappa shape index (κ1) is 18.5. The lowest BCUT2D eigenvalue weighted by Gasteiger charge is -2.72. The summed E-state index contributed by atoms with van der Waals surface area (Å²) in [6, 6.07) is 10.5. The molecular weight excluding hydrogens is 323 g/mol. The Balaban J connectivity index is 1.40. The predicted octanol–water partition coefficient (Wildman–Crippen LogP) is 5.10. The summed E-state index contributed by atoms with van der Waals surface area (Å²) in [5.74, 6) is 1.44. The third-order valence-electron chi connectivity index (χ3n) is 7.63. The molecule has 4 fully saturated rings. The molecule has 0 aromatic heterocycles. The molecule has 142 valence electrons. The third-order valence-corrected chi connectivity index (χ3v) is 7.63. The van der Waals surface area contributed by atoms with E-state index in [2.05, 4.69) is 65.8 Å². The lowest BCUT2D eigenvalue weighted by Crippen LogP contribution is -2.68. The highest BCUT2D eigenvalue weighted by Gasteiger charge is 2.73. The van der Waals surface area contributed by atoms with Gasteiger partial charge in [-0.15, -0.1) is 0 Å². The SMILES string of the molecule is CC(C)(B1OC(C)(C)C(C)(C)O1)C1C2CC1(COCc1ccccc1)C2. The zero-order chi connectivity index (χ0) is 18.8. The van der Waals surface area contributed by atoms with Gasteiger partial charge in [-0.3, -0.25) is 0 Å².